The van der Waals surface area contributed by atoms with E-state index in [9.17, 15) is 9.59 Å². The maximum Gasteiger partial charge on any atom is 2.00 e. The Labute approximate surface area is 138 Å². The van der Waals surface area contributed by atoms with Crippen LogP contribution in [0, 0.1) is 0 Å². The van der Waals surface area contributed by atoms with Crippen molar-refractivity contribution in [2.75, 3.05) is 0 Å². The summed E-state index contributed by atoms with van der Waals surface area (Å²) < 4.78 is 0. The fraction of sp³-hybridized carbons (Fsp3) is 0.429. The first-order valence-electron chi connectivity index (χ1n) is 5.60. The normalized spacial score (nSPS) is 9.14. The molecule has 0 aliphatic rings. The van der Waals surface area contributed by atoms with Crippen molar-refractivity contribution in [3.8, 4) is 0 Å². The maximum atomic E-state index is 10.4. The van der Waals surface area contributed by atoms with E-state index in [0.717, 1.165) is 0 Å². The van der Waals surface area contributed by atoms with Gasteiger partial charge in [0.2, 0.25) is 0 Å². The average Bonchev–Trinajstić information content (AvgIpc) is 2.42. The van der Waals surface area contributed by atoms with Crippen molar-refractivity contribution in [1.29, 1.82) is 0 Å². The zero-order chi connectivity index (χ0) is 17.1. The van der Waals surface area contributed by atoms with Gasteiger partial charge in [0.05, 0.1) is 11.5 Å². The van der Waals surface area contributed by atoms with Crippen LogP contribution in [0.15, 0.2) is 23.7 Å². The number of hydrogen-bond donors (Lipinski definition) is 2. The molecule has 0 amide bonds. The van der Waals surface area contributed by atoms with Gasteiger partial charge in [-0.3, -0.25) is 23.2 Å². The maximum absolute atomic E-state index is 10.4. The van der Waals surface area contributed by atoms with Crippen molar-refractivity contribution < 1.29 is 48.9 Å². The topological polar surface area (TPSA) is 109 Å². The Bertz CT molecular complexity index is 283. The summed E-state index contributed by atoms with van der Waals surface area (Å²) >= 11 is 0. The number of rotatable bonds is 4. The SMILES string of the molecule is CCC(=O)/C=C(/C)O.CCC(=O)/C=C(/C)O.[CH-]=O.[CH-]=O.[Ru+2]. The molecule has 7 heteroatoms. The van der Waals surface area contributed by atoms with Gasteiger partial charge in [-0.25, -0.2) is 0 Å². The first-order chi connectivity index (χ1) is 9.33. The molecule has 0 heterocycles. The van der Waals surface area contributed by atoms with Crippen LogP contribution in [0.3, 0.4) is 0 Å². The largest absolute Gasteiger partial charge is 2.00 e. The summed E-state index contributed by atoms with van der Waals surface area (Å²) in [4.78, 5) is 36.3. The number of hydrogen-bond acceptors (Lipinski definition) is 6. The summed E-state index contributed by atoms with van der Waals surface area (Å²) in [7, 11) is 0. The van der Waals surface area contributed by atoms with Crippen molar-refractivity contribution in [3.05, 3.63) is 23.7 Å². The molecule has 0 rings (SSSR count). The molecule has 0 aromatic rings. The van der Waals surface area contributed by atoms with Gasteiger partial charge in [0.15, 0.2) is 11.6 Å². The molecule has 6 nitrogen and oxygen atoms in total. The predicted octanol–water partition coefficient (Wildman–Crippen LogP) is 2.30. The number of aliphatic hydroxyl groups excluding tert-OH is 2. The Balaban J connectivity index is -0.0000000630. The van der Waals surface area contributed by atoms with E-state index in [1.807, 2.05) is 0 Å². The number of carbonyl (C=O) groups excluding carboxylic acids is 4. The predicted molar refractivity (Wildman–Crippen MR) is 76.9 cm³/mol. The molecule has 21 heavy (non-hydrogen) atoms. The van der Waals surface area contributed by atoms with Gasteiger partial charge in [0, 0.05) is 25.0 Å². The van der Waals surface area contributed by atoms with Crippen molar-refractivity contribution in [2.45, 2.75) is 40.5 Å². The molecule has 122 valence electrons. The van der Waals surface area contributed by atoms with E-state index in [1.54, 1.807) is 13.8 Å². The van der Waals surface area contributed by atoms with Gasteiger partial charge in [-0.2, -0.15) is 0 Å². The van der Waals surface area contributed by atoms with Crippen molar-refractivity contribution in [3.63, 3.8) is 0 Å². The summed E-state index contributed by atoms with van der Waals surface area (Å²) in [5.74, 6) is 0.0868. The van der Waals surface area contributed by atoms with Gasteiger partial charge in [0.1, 0.15) is 0 Å². The molecular formula is C14H22O6Ru. The molecule has 0 spiro atoms. The van der Waals surface area contributed by atoms with Gasteiger partial charge in [-0.15, -0.1) is 0 Å². The van der Waals surface area contributed by atoms with Crippen LogP contribution in [0.5, 0.6) is 0 Å². The Morgan fingerprint density at radius 1 is 0.810 bits per heavy atom. The smallest absolute Gasteiger partial charge is 0.545 e. The first-order valence-corrected chi connectivity index (χ1v) is 5.60. The second-order valence-electron chi connectivity index (χ2n) is 3.21. The van der Waals surface area contributed by atoms with Crippen molar-refractivity contribution in [2.24, 2.45) is 0 Å². The van der Waals surface area contributed by atoms with Gasteiger partial charge >= 0.3 is 19.5 Å². The van der Waals surface area contributed by atoms with Crippen molar-refractivity contribution in [1.82, 2.24) is 0 Å². The zero-order valence-corrected chi connectivity index (χ0v) is 14.3. The molecule has 0 aliphatic heterocycles. The first kappa shape index (κ1) is 31.7. The van der Waals surface area contributed by atoms with Gasteiger partial charge < -0.3 is 19.8 Å². The molecule has 0 aromatic carbocycles. The Morgan fingerprint density at radius 2 is 1.00 bits per heavy atom. The minimum atomic E-state index is -0.0370. The quantitative estimate of drug-likeness (QED) is 0.252. The second-order valence-corrected chi connectivity index (χ2v) is 3.21. The van der Waals surface area contributed by atoms with E-state index in [2.05, 4.69) is 13.6 Å². The molecule has 0 bridgehead atoms. The monoisotopic (exact) mass is 388 g/mol. The third-order valence-electron chi connectivity index (χ3n) is 1.44. The van der Waals surface area contributed by atoms with Crippen LogP contribution in [0.25, 0.3) is 0 Å². The van der Waals surface area contributed by atoms with Gasteiger partial charge in [-0.1, -0.05) is 13.8 Å². The summed E-state index contributed by atoms with van der Waals surface area (Å²) in [5.41, 5.74) is 0. The minimum Gasteiger partial charge on any atom is -0.545 e. The van der Waals surface area contributed by atoms with Crippen molar-refractivity contribution >= 4 is 25.1 Å². The van der Waals surface area contributed by atoms with Crippen LogP contribution in [-0.4, -0.2) is 35.4 Å². The molecule has 0 atom stereocenters. The average molecular weight is 387 g/mol. The molecule has 0 aromatic heterocycles. The number of aliphatic hydroxyl groups is 2. The van der Waals surface area contributed by atoms with E-state index in [4.69, 9.17) is 19.8 Å². The molecule has 0 aliphatic carbocycles. The van der Waals surface area contributed by atoms with Gasteiger partial charge in [-0.05, 0) is 13.8 Å². The molecule has 0 unspecified atom stereocenters. The molecule has 0 fully saturated rings. The van der Waals surface area contributed by atoms with Crippen LogP contribution in [0.1, 0.15) is 40.5 Å². The third-order valence-corrected chi connectivity index (χ3v) is 1.44. The van der Waals surface area contributed by atoms with E-state index >= 15 is 0 Å². The number of ketones is 2. The Morgan fingerprint density at radius 3 is 1.05 bits per heavy atom. The van der Waals surface area contributed by atoms with Crippen LogP contribution >= 0.6 is 0 Å². The van der Waals surface area contributed by atoms with Crippen LogP contribution in [-0.2, 0) is 38.7 Å². The Hall–Kier alpha value is -1.62. The summed E-state index contributed by atoms with van der Waals surface area (Å²) in [6.07, 6.45) is 3.36. The molecule has 0 saturated heterocycles. The summed E-state index contributed by atoms with van der Waals surface area (Å²) in [6, 6.07) is 0. The van der Waals surface area contributed by atoms with E-state index in [-0.39, 0.29) is 42.6 Å². The summed E-state index contributed by atoms with van der Waals surface area (Å²) in [5, 5.41) is 17.0. The van der Waals surface area contributed by atoms with Crippen LogP contribution < -0.4 is 0 Å². The third kappa shape index (κ3) is 45.8. The molecule has 0 radical (unpaired) electrons. The van der Waals surface area contributed by atoms with Crippen LogP contribution in [0.2, 0.25) is 0 Å². The summed E-state index contributed by atoms with van der Waals surface area (Å²) in [6.45, 7) is 13.0. The molecular weight excluding hydrogens is 365 g/mol. The zero-order valence-electron chi connectivity index (χ0n) is 12.6. The second kappa shape index (κ2) is 26.9. The van der Waals surface area contributed by atoms with E-state index in [1.165, 1.54) is 26.0 Å². The molecule has 0 saturated carbocycles. The number of allylic oxidation sites excluding steroid dienone is 4. The minimum absolute atomic E-state index is 0. The fourth-order valence-corrected chi connectivity index (χ4v) is 0.670. The van der Waals surface area contributed by atoms with E-state index < -0.39 is 0 Å². The standard InChI is InChI=1S/2C6H10O2.2CHO.Ru/c2*1-3-6(8)4-5(2)7;2*1-2;/h2*4,7H,3H2,1-2H3;2*1H;/q;;2*-1;+2/b2*5-4-;;;. The molecule has 2 N–H and O–H groups in total. The van der Waals surface area contributed by atoms with Crippen LogP contribution in [0.4, 0.5) is 0 Å². The Kier molecular flexibility index (Phi) is 40.5. The van der Waals surface area contributed by atoms with E-state index in [0.29, 0.717) is 12.8 Å². The van der Waals surface area contributed by atoms with Gasteiger partial charge in [0.25, 0.3) is 0 Å². The fourth-order valence-electron chi connectivity index (χ4n) is 0.670. The number of carbonyl (C=O) groups is 2.